The lowest BCUT2D eigenvalue weighted by atomic mass is 10.0. The molecular formula is C22H25FN2O4. The summed E-state index contributed by atoms with van der Waals surface area (Å²) in [5.41, 5.74) is 1.46. The Morgan fingerprint density at radius 2 is 2.14 bits per heavy atom. The molecule has 0 bridgehead atoms. The van der Waals surface area contributed by atoms with Gasteiger partial charge in [-0.25, -0.2) is 9.18 Å². The van der Waals surface area contributed by atoms with E-state index in [0.29, 0.717) is 23.7 Å². The Labute approximate surface area is 168 Å². The molecule has 2 atom stereocenters. The van der Waals surface area contributed by atoms with Gasteiger partial charge in [0.25, 0.3) is 0 Å². The van der Waals surface area contributed by atoms with Gasteiger partial charge in [0.05, 0.1) is 37.1 Å². The fourth-order valence-electron chi connectivity index (χ4n) is 4.82. The van der Waals surface area contributed by atoms with E-state index in [2.05, 4.69) is 11.8 Å². The molecule has 0 N–H and O–H groups in total. The van der Waals surface area contributed by atoms with E-state index in [1.165, 1.54) is 6.07 Å². The van der Waals surface area contributed by atoms with Crippen LogP contribution >= 0.6 is 0 Å². The summed E-state index contributed by atoms with van der Waals surface area (Å²) >= 11 is 0. The first kappa shape index (κ1) is 18.6. The van der Waals surface area contributed by atoms with Crippen LogP contribution in [-0.4, -0.2) is 36.3 Å². The fourth-order valence-corrected chi connectivity index (χ4v) is 4.82. The van der Waals surface area contributed by atoms with Crippen LogP contribution < -0.4 is 10.3 Å². The Hall–Kier alpha value is -2.41. The molecule has 154 valence electrons. The number of carbonyl (C=O) groups excluding carboxylic acids is 1. The van der Waals surface area contributed by atoms with E-state index in [1.807, 2.05) is 4.57 Å². The van der Waals surface area contributed by atoms with Gasteiger partial charge in [0, 0.05) is 29.7 Å². The van der Waals surface area contributed by atoms with Crippen molar-refractivity contribution in [3.05, 3.63) is 39.4 Å². The number of esters is 1. The molecule has 2 aliphatic heterocycles. The van der Waals surface area contributed by atoms with Crippen molar-refractivity contribution in [3.8, 4) is 0 Å². The van der Waals surface area contributed by atoms with Gasteiger partial charge in [0.2, 0.25) is 5.43 Å². The third-order valence-electron chi connectivity index (χ3n) is 6.48. The summed E-state index contributed by atoms with van der Waals surface area (Å²) in [4.78, 5) is 27.6. The van der Waals surface area contributed by atoms with Gasteiger partial charge in [-0.05, 0) is 38.2 Å². The molecule has 0 unspecified atom stereocenters. The molecule has 3 aliphatic rings. The normalized spacial score (nSPS) is 23.6. The summed E-state index contributed by atoms with van der Waals surface area (Å²) in [6, 6.07) is 1.66. The van der Waals surface area contributed by atoms with Gasteiger partial charge in [-0.1, -0.05) is 6.92 Å². The molecule has 1 aromatic heterocycles. The lowest BCUT2D eigenvalue weighted by Gasteiger charge is -2.28. The number of ether oxygens (including phenoxy) is 2. The second kappa shape index (κ2) is 6.83. The highest BCUT2D eigenvalue weighted by molar-refractivity contribution is 5.96. The van der Waals surface area contributed by atoms with Crippen molar-refractivity contribution >= 4 is 22.6 Å². The van der Waals surface area contributed by atoms with Gasteiger partial charge >= 0.3 is 5.97 Å². The van der Waals surface area contributed by atoms with Crippen molar-refractivity contribution in [3.63, 3.8) is 0 Å². The standard InChI is InChI=1S/C22H25FN2O4/c1-3-29-22(27)15-9-25(13-4-5-13)19-14(21(15)26)8-17(23)20-16(19)10-28-11-18-12(2)6-7-24(18)20/h8-9,12-13,18H,3-7,10-11H2,1-2H3/t12-,18-/m1/s1. The van der Waals surface area contributed by atoms with E-state index in [1.54, 1.807) is 13.1 Å². The highest BCUT2D eigenvalue weighted by atomic mass is 19.1. The predicted molar refractivity (Wildman–Crippen MR) is 107 cm³/mol. The summed E-state index contributed by atoms with van der Waals surface area (Å²) in [6.07, 6.45) is 4.53. The van der Waals surface area contributed by atoms with Gasteiger partial charge in [-0.3, -0.25) is 4.79 Å². The molecule has 1 saturated heterocycles. The summed E-state index contributed by atoms with van der Waals surface area (Å²) in [6.45, 7) is 5.63. The minimum atomic E-state index is -0.658. The lowest BCUT2D eigenvalue weighted by Crippen LogP contribution is -2.35. The monoisotopic (exact) mass is 400 g/mol. The summed E-state index contributed by atoms with van der Waals surface area (Å²) in [5.74, 6) is -0.653. The number of halogens is 1. The van der Waals surface area contributed by atoms with Gasteiger partial charge in [-0.15, -0.1) is 0 Å². The zero-order valence-corrected chi connectivity index (χ0v) is 16.7. The minimum Gasteiger partial charge on any atom is -0.462 e. The number of pyridine rings is 1. The van der Waals surface area contributed by atoms with Crippen LogP contribution in [0.3, 0.4) is 0 Å². The van der Waals surface area contributed by atoms with E-state index in [4.69, 9.17) is 9.47 Å². The molecule has 0 radical (unpaired) electrons. The van der Waals surface area contributed by atoms with E-state index in [9.17, 15) is 9.59 Å². The largest absolute Gasteiger partial charge is 0.462 e. The van der Waals surface area contributed by atoms with Crippen molar-refractivity contribution in [2.24, 2.45) is 5.92 Å². The third-order valence-corrected chi connectivity index (χ3v) is 6.48. The Morgan fingerprint density at radius 3 is 2.86 bits per heavy atom. The maximum absolute atomic E-state index is 15.4. The highest BCUT2D eigenvalue weighted by Crippen LogP contribution is 2.43. The van der Waals surface area contributed by atoms with Crippen molar-refractivity contribution in [1.82, 2.24) is 4.57 Å². The number of benzene rings is 1. The van der Waals surface area contributed by atoms with Crippen molar-refractivity contribution in [2.45, 2.75) is 51.8 Å². The van der Waals surface area contributed by atoms with E-state index in [0.717, 1.165) is 31.4 Å². The third kappa shape index (κ3) is 2.86. The quantitative estimate of drug-likeness (QED) is 0.739. The Kier molecular flexibility index (Phi) is 4.38. The number of fused-ring (bicyclic) bond motifs is 5. The molecule has 2 aromatic rings. The zero-order chi connectivity index (χ0) is 20.3. The number of aromatic nitrogens is 1. The van der Waals surface area contributed by atoms with Gasteiger partial charge < -0.3 is 18.9 Å². The van der Waals surface area contributed by atoms with E-state index in [-0.39, 0.29) is 36.2 Å². The van der Waals surface area contributed by atoms with Gasteiger partial charge in [-0.2, -0.15) is 0 Å². The fraction of sp³-hybridized carbons (Fsp3) is 0.545. The van der Waals surface area contributed by atoms with Crippen molar-refractivity contribution < 1.29 is 18.7 Å². The molecule has 7 heteroatoms. The number of carbonyl (C=O) groups is 1. The van der Waals surface area contributed by atoms with Crippen molar-refractivity contribution in [2.75, 3.05) is 24.7 Å². The molecule has 0 amide bonds. The Morgan fingerprint density at radius 1 is 1.34 bits per heavy atom. The number of rotatable bonds is 3. The topological polar surface area (TPSA) is 60.8 Å². The Balaban J connectivity index is 1.80. The van der Waals surface area contributed by atoms with Gasteiger partial charge in [0.15, 0.2) is 0 Å². The second-order valence-corrected chi connectivity index (χ2v) is 8.35. The molecule has 1 aliphatic carbocycles. The average Bonchev–Trinajstić information content (AvgIpc) is 3.49. The van der Waals surface area contributed by atoms with Gasteiger partial charge in [0.1, 0.15) is 11.4 Å². The van der Waals surface area contributed by atoms with E-state index >= 15 is 4.39 Å². The summed E-state index contributed by atoms with van der Waals surface area (Å²) in [5, 5.41) is 0.230. The minimum absolute atomic E-state index is 0.0344. The average molecular weight is 400 g/mol. The van der Waals surface area contributed by atoms with Crippen LogP contribution in [0.1, 0.15) is 55.1 Å². The molecule has 1 saturated carbocycles. The molecule has 1 aromatic carbocycles. The molecule has 29 heavy (non-hydrogen) atoms. The number of nitrogens with zero attached hydrogens (tertiary/aromatic N) is 2. The molecule has 5 rings (SSSR count). The van der Waals surface area contributed by atoms with Crippen LogP contribution in [0.5, 0.6) is 0 Å². The van der Waals surface area contributed by atoms with Crippen LogP contribution in [0.4, 0.5) is 10.1 Å². The predicted octanol–water partition coefficient (Wildman–Crippen LogP) is 3.40. The van der Waals surface area contributed by atoms with E-state index < -0.39 is 17.2 Å². The second-order valence-electron chi connectivity index (χ2n) is 8.35. The Bertz CT molecular complexity index is 1060. The van der Waals surface area contributed by atoms with Crippen molar-refractivity contribution in [1.29, 1.82) is 0 Å². The summed E-state index contributed by atoms with van der Waals surface area (Å²) in [7, 11) is 0. The first-order chi connectivity index (χ1) is 14.0. The lowest BCUT2D eigenvalue weighted by molar-refractivity contribution is 0.0524. The van der Waals surface area contributed by atoms with Crippen LogP contribution in [-0.2, 0) is 16.1 Å². The molecule has 2 fully saturated rings. The van der Waals surface area contributed by atoms with Crippen LogP contribution in [0.15, 0.2) is 17.1 Å². The number of hydrogen-bond donors (Lipinski definition) is 0. The maximum atomic E-state index is 15.4. The molecular weight excluding hydrogens is 375 g/mol. The number of anilines is 1. The SMILES string of the molecule is CCOC(=O)c1cn(C2CC2)c2c3c(c(F)cc2c1=O)N1CC[C@@H](C)[C@H]1COC3. The molecule has 0 spiro atoms. The van der Waals surface area contributed by atoms with Crippen LogP contribution in [0, 0.1) is 11.7 Å². The van der Waals surface area contributed by atoms with Crippen LogP contribution in [0.2, 0.25) is 0 Å². The summed E-state index contributed by atoms with van der Waals surface area (Å²) < 4.78 is 28.4. The first-order valence-electron chi connectivity index (χ1n) is 10.4. The highest BCUT2D eigenvalue weighted by Gasteiger charge is 2.38. The number of hydrogen-bond acceptors (Lipinski definition) is 5. The van der Waals surface area contributed by atoms with Crippen LogP contribution in [0.25, 0.3) is 10.9 Å². The molecule has 6 nitrogen and oxygen atoms in total. The zero-order valence-electron chi connectivity index (χ0n) is 16.7. The first-order valence-corrected chi connectivity index (χ1v) is 10.4. The smallest absolute Gasteiger partial charge is 0.343 e. The maximum Gasteiger partial charge on any atom is 0.343 e. The molecule has 3 heterocycles.